The quantitative estimate of drug-likeness (QED) is 0.546. The largest absolute Gasteiger partial charge is 0.505 e. The van der Waals surface area contributed by atoms with E-state index in [4.69, 9.17) is 0 Å². The van der Waals surface area contributed by atoms with Crippen molar-refractivity contribution in [2.75, 3.05) is 6.54 Å². The third-order valence-corrected chi connectivity index (χ3v) is 5.16. The minimum Gasteiger partial charge on any atom is -0.505 e. The van der Waals surface area contributed by atoms with Crippen LogP contribution in [0.25, 0.3) is 33.5 Å². The first-order chi connectivity index (χ1) is 14.6. The first-order valence-corrected chi connectivity index (χ1v) is 9.97. The maximum Gasteiger partial charge on any atom is 0.273 e. The SMILES string of the molecule is C/C=N\N1C(C(=O)NCC)=C(O)c2ccc(-c3ccc4cc[nH]c4c3)cc2/C1=C\C. The average molecular weight is 400 g/mol. The molecule has 1 aliphatic rings. The van der Waals surface area contributed by atoms with E-state index in [2.05, 4.69) is 33.6 Å². The Labute approximate surface area is 175 Å². The van der Waals surface area contributed by atoms with E-state index in [1.165, 1.54) is 5.01 Å². The molecule has 0 bridgehead atoms. The molecule has 1 aromatic heterocycles. The number of aliphatic hydroxyl groups is 1. The van der Waals surface area contributed by atoms with E-state index < -0.39 is 0 Å². The highest BCUT2D eigenvalue weighted by atomic mass is 16.3. The third-order valence-electron chi connectivity index (χ3n) is 5.16. The Hall–Kier alpha value is -3.80. The fourth-order valence-electron chi connectivity index (χ4n) is 3.79. The van der Waals surface area contributed by atoms with Crippen molar-refractivity contribution in [3.8, 4) is 11.1 Å². The van der Waals surface area contributed by atoms with E-state index in [0.29, 0.717) is 12.1 Å². The van der Waals surface area contributed by atoms with Gasteiger partial charge in [-0.2, -0.15) is 5.10 Å². The summed E-state index contributed by atoms with van der Waals surface area (Å²) in [6.45, 7) is 5.96. The summed E-state index contributed by atoms with van der Waals surface area (Å²) < 4.78 is 0. The number of rotatable bonds is 4. The van der Waals surface area contributed by atoms with E-state index in [1.54, 1.807) is 13.1 Å². The van der Waals surface area contributed by atoms with Crippen molar-refractivity contribution >= 4 is 34.5 Å². The standard InChI is InChI=1S/C24H24N4O2/c1-4-21-19-13-16(17-8-7-15-11-12-26-20(15)14-17)9-10-18(19)23(29)22(24(30)25-5-2)28(21)27-6-3/h4,6-14,26,29H,5H2,1-3H3,(H,25,30)/b21-4+,27-6-. The summed E-state index contributed by atoms with van der Waals surface area (Å²) in [6, 6.07) is 14.1. The van der Waals surface area contributed by atoms with Crippen LogP contribution in [-0.2, 0) is 4.79 Å². The van der Waals surface area contributed by atoms with Crippen LogP contribution in [0.15, 0.2) is 65.5 Å². The Morgan fingerprint density at radius 1 is 1.13 bits per heavy atom. The number of aromatic nitrogens is 1. The molecule has 2 aromatic carbocycles. The minimum atomic E-state index is -0.369. The number of nitrogens with zero attached hydrogens (tertiary/aromatic N) is 2. The van der Waals surface area contributed by atoms with Crippen molar-refractivity contribution < 1.29 is 9.90 Å². The van der Waals surface area contributed by atoms with Crippen LogP contribution in [0, 0.1) is 0 Å². The molecule has 0 saturated heterocycles. The molecule has 0 spiro atoms. The number of carbonyl (C=O) groups excluding carboxylic acids is 1. The van der Waals surface area contributed by atoms with Gasteiger partial charge in [0, 0.05) is 35.6 Å². The number of likely N-dealkylation sites (N-methyl/N-ethyl adjacent to an activating group) is 1. The van der Waals surface area contributed by atoms with Crippen LogP contribution >= 0.6 is 0 Å². The number of aromatic amines is 1. The second-order valence-corrected chi connectivity index (χ2v) is 6.96. The van der Waals surface area contributed by atoms with Gasteiger partial charge in [0.1, 0.15) is 0 Å². The summed E-state index contributed by atoms with van der Waals surface area (Å²) in [5.74, 6) is -0.453. The number of hydrogen-bond donors (Lipinski definition) is 3. The number of carbonyl (C=O) groups is 1. The number of hydrazone groups is 1. The van der Waals surface area contributed by atoms with Crippen molar-refractivity contribution in [3.63, 3.8) is 0 Å². The first-order valence-electron chi connectivity index (χ1n) is 9.97. The minimum absolute atomic E-state index is 0.0847. The summed E-state index contributed by atoms with van der Waals surface area (Å²) in [5, 5.41) is 20.8. The summed E-state index contributed by atoms with van der Waals surface area (Å²) in [6.07, 6.45) is 5.42. The molecule has 0 saturated carbocycles. The zero-order chi connectivity index (χ0) is 21.3. The van der Waals surface area contributed by atoms with Crippen LogP contribution in [0.3, 0.4) is 0 Å². The summed E-state index contributed by atoms with van der Waals surface area (Å²) in [7, 11) is 0. The van der Waals surface area contributed by atoms with Crippen molar-refractivity contribution in [3.05, 3.63) is 71.6 Å². The lowest BCUT2D eigenvalue weighted by atomic mass is 9.92. The molecule has 3 aromatic rings. The molecule has 0 atom stereocenters. The number of allylic oxidation sites excluding steroid dienone is 1. The molecule has 6 nitrogen and oxygen atoms in total. The number of aliphatic hydroxyl groups excluding tert-OH is 1. The molecule has 0 aliphatic carbocycles. The normalized spacial score (nSPS) is 15.3. The van der Waals surface area contributed by atoms with Gasteiger partial charge in [-0.25, -0.2) is 5.01 Å². The van der Waals surface area contributed by atoms with Gasteiger partial charge in [0.15, 0.2) is 11.5 Å². The molecule has 30 heavy (non-hydrogen) atoms. The zero-order valence-corrected chi connectivity index (χ0v) is 17.2. The van der Waals surface area contributed by atoms with E-state index in [9.17, 15) is 9.90 Å². The van der Waals surface area contributed by atoms with Crippen LogP contribution in [0.4, 0.5) is 0 Å². The van der Waals surface area contributed by atoms with Crippen molar-refractivity contribution in [1.82, 2.24) is 15.3 Å². The highest BCUT2D eigenvalue weighted by Gasteiger charge is 2.33. The first kappa shape index (κ1) is 19.5. The highest BCUT2D eigenvalue weighted by molar-refractivity contribution is 6.04. The Kier molecular flexibility index (Phi) is 5.14. The van der Waals surface area contributed by atoms with Gasteiger partial charge in [-0.1, -0.05) is 24.3 Å². The van der Waals surface area contributed by atoms with E-state index in [1.807, 2.05) is 50.4 Å². The number of nitrogens with one attached hydrogen (secondary N) is 2. The van der Waals surface area contributed by atoms with Gasteiger partial charge >= 0.3 is 0 Å². The van der Waals surface area contributed by atoms with Crippen LogP contribution in [0.1, 0.15) is 31.9 Å². The molecule has 152 valence electrons. The number of fused-ring (bicyclic) bond motifs is 2. The van der Waals surface area contributed by atoms with Gasteiger partial charge in [0.2, 0.25) is 0 Å². The van der Waals surface area contributed by atoms with E-state index in [0.717, 1.165) is 33.3 Å². The Bertz CT molecular complexity index is 1220. The molecule has 1 aliphatic heterocycles. The lowest BCUT2D eigenvalue weighted by molar-refractivity contribution is -0.118. The Morgan fingerprint density at radius 3 is 2.63 bits per heavy atom. The van der Waals surface area contributed by atoms with Crippen molar-refractivity contribution in [1.29, 1.82) is 0 Å². The van der Waals surface area contributed by atoms with Gasteiger partial charge in [-0.15, -0.1) is 0 Å². The second-order valence-electron chi connectivity index (χ2n) is 6.96. The maximum atomic E-state index is 12.7. The molecule has 6 heteroatoms. The van der Waals surface area contributed by atoms with Crippen molar-refractivity contribution in [2.24, 2.45) is 5.10 Å². The van der Waals surface area contributed by atoms with Crippen molar-refractivity contribution in [2.45, 2.75) is 20.8 Å². The topological polar surface area (TPSA) is 80.7 Å². The molecule has 3 N–H and O–H groups in total. The monoisotopic (exact) mass is 400 g/mol. The molecule has 0 radical (unpaired) electrons. The van der Waals surface area contributed by atoms with Crippen LogP contribution in [-0.4, -0.2) is 33.8 Å². The number of H-pyrrole nitrogens is 1. The number of benzene rings is 2. The number of hydrogen-bond acceptors (Lipinski definition) is 4. The molecule has 0 unspecified atom stereocenters. The predicted molar refractivity (Wildman–Crippen MR) is 122 cm³/mol. The molecular weight excluding hydrogens is 376 g/mol. The molecule has 1 amide bonds. The van der Waals surface area contributed by atoms with Gasteiger partial charge in [0.05, 0.1) is 5.70 Å². The lowest BCUT2D eigenvalue weighted by Crippen LogP contribution is -2.35. The van der Waals surface area contributed by atoms with Gasteiger partial charge < -0.3 is 15.4 Å². The molecular formula is C24H24N4O2. The second kappa shape index (κ2) is 7.91. The van der Waals surface area contributed by atoms with E-state index >= 15 is 0 Å². The summed E-state index contributed by atoms with van der Waals surface area (Å²) in [4.78, 5) is 15.9. The maximum absolute atomic E-state index is 12.7. The fraction of sp³-hybridized carbons (Fsp3) is 0.167. The summed E-state index contributed by atoms with van der Waals surface area (Å²) in [5.41, 5.74) is 5.43. The van der Waals surface area contributed by atoms with Gasteiger partial charge in [-0.3, -0.25) is 4.79 Å². The third kappa shape index (κ3) is 3.16. The number of amides is 1. The molecule has 4 rings (SSSR count). The predicted octanol–water partition coefficient (Wildman–Crippen LogP) is 4.88. The highest BCUT2D eigenvalue weighted by Crippen LogP contribution is 2.40. The van der Waals surface area contributed by atoms with Crippen LogP contribution in [0.2, 0.25) is 0 Å². The Morgan fingerprint density at radius 2 is 1.90 bits per heavy atom. The molecule has 2 heterocycles. The average Bonchev–Trinajstić information content (AvgIpc) is 3.22. The Balaban J connectivity index is 1.89. The summed E-state index contributed by atoms with van der Waals surface area (Å²) >= 11 is 0. The fourth-order valence-corrected chi connectivity index (χ4v) is 3.79. The smallest absolute Gasteiger partial charge is 0.273 e. The van der Waals surface area contributed by atoms with E-state index in [-0.39, 0.29) is 17.4 Å². The zero-order valence-electron chi connectivity index (χ0n) is 17.2. The van der Waals surface area contributed by atoms with Crippen LogP contribution in [0.5, 0.6) is 0 Å². The van der Waals surface area contributed by atoms with Gasteiger partial charge in [0.25, 0.3) is 5.91 Å². The lowest BCUT2D eigenvalue weighted by Gasteiger charge is -2.31. The van der Waals surface area contributed by atoms with Gasteiger partial charge in [-0.05, 0) is 61.5 Å². The van der Waals surface area contributed by atoms with Crippen LogP contribution < -0.4 is 5.32 Å². The molecule has 0 fully saturated rings.